The van der Waals surface area contributed by atoms with Crippen LogP contribution >= 0.6 is 15.6 Å². The summed E-state index contributed by atoms with van der Waals surface area (Å²) < 4.78 is 68.5. The van der Waals surface area contributed by atoms with Gasteiger partial charge in [0.25, 0.3) is 0 Å². The minimum Gasteiger partial charge on any atom is -0.462 e. The Balaban J connectivity index is 5.23. The third-order valence-electron chi connectivity index (χ3n) is 17.5. The molecule has 558 valence electrons. The van der Waals surface area contributed by atoms with E-state index in [2.05, 4.69) is 34.6 Å². The molecule has 0 spiro atoms. The van der Waals surface area contributed by atoms with E-state index in [0.717, 1.165) is 95.8 Å². The van der Waals surface area contributed by atoms with E-state index in [0.29, 0.717) is 25.7 Å². The summed E-state index contributed by atoms with van der Waals surface area (Å²) in [5, 5.41) is 10.6. The van der Waals surface area contributed by atoms with Crippen LogP contribution in [0, 0.1) is 5.92 Å². The van der Waals surface area contributed by atoms with Crippen molar-refractivity contribution in [2.75, 3.05) is 39.6 Å². The van der Waals surface area contributed by atoms with Crippen molar-refractivity contribution >= 4 is 39.5 Å². The topological polar surface area (TPSA) is 237 Å². The lowest BCUT2D eigenvalue weighted by molar-refractivity contribution is -0.161. The van der Waals surface area contributed by atoms with Gasteiger partial charge in [0, 0.05) is 25.7 Å². The second-order valence-corrected chi connectivity index (χ2v) is 30.4. The number of phosphoric acid groups is 2. The molecule has 0 aromatic heterocycles. The number of unbranched alkanes of at least 4 members (excludes halogenated alkanes) is 47. The number of hydrogen-bond acceptors (Lipinski definition) is 15. The Labute approximate surface area is 575 Å². The largest absolute Gasteiger partial charge is 0.472 e. The van der Waals surface area contributed by atoms with Crippen molar-refractivity contribution in [2.45, 2.75) is 412 Å². The summed E-state index contributed by atoms with van der Waals surface area (Å²) in [6, 6.07) is 0. The molecule has 19 heteroatoms. The normalized spacial score (nSPS) is 14.0. The summed E-state index contributed by atoms with van der Waals surface area (Å²) in [5.41, 5.74) is 0. The van der Waals surface area contributed by atoms with Crippen LogP contribution in [0.5, 0.6) is 0 Å². The van der Waals surface area contributed by atoms with Crippen molar-refractivity contribution in [2.24, 2.45) is 5.92 Å². The van der Waals surface area contributed by atoms with Gasteiger partial charge in [0.2, 0.25) is 0 Å². The van der Waals surface area contributed by atoms with E-state index in [1.165, 1.54) is 218 Å². The summed E-state index contributed by atoms with van der Waals surface area (Å²) in [6.45, 7) is 7.30. The Morgan fingerprint density at radius 2 is 0.489 bits per heavy atom. The molecule has 0 amide bonds. The lowest BCUT2D eigenvalue weighted by Gasteiger charge is -2.21. The SMILES string of the molecule is CCCCCCCCCCCCCCCCCC(=O)OC[C@H](COP(=O)(O)OC[C@@H](O)COP(=O)(O)OC[C@@H](COC(=O)CCCCCCCCCCC)OC(=O)CCCCCCCCCCCCCCC)OC(=O)CCCCCCCCCCCCCCCCC(C)C. The first-order valence-corrected chi connectivity index (χ1v) is 42.1. The van der Waals surface area contributed by atoms with Crippen LogP contribution < -0.4 is 0 Å². The van der Waals surface area contributed by atoms with Crippen molar-refractivity contribution in [1.29, 1.82) is 0 Å². The van der Waals surface area contributed by atoms with Crippen LogP contribution in [0.2, 0.25) is 0 Å². The standard InChI is InChI=1S/C75H146O17P2/c1-6-9-12-15-18-21-23-25-26-31-34-39-44-49-54-59-73(78)86-65-71(92-75(80)61-56-51-46-41-36-32-28-27-30-33-38-42-47-52-57-68(4)5)67-90-94(83,84)88-63-69(76)62-87-93(81,82)89-66-70(64-85-72(77)58-53-48-43-37-20-17-14-11-8-3)91-74(79)60-55-50-45-40-35-29-24-22-19-16-13-10-7-2/h68-71,76H,6-67H2,1-5H3,(H,81,82)(H,83,84)/t69-,70+,71+/m0/s1. The molecule has 0 heterocycles. The zero-order chi connectivity index (χ0) is 69.1. The number of aliphatic hydroxyl groups is 1. The van der Waals surface area contributed by atoms with Crippen molar-refractivity contribution < 1.29 is 80.2 Å². The number of ether oxygens (including phenoxy) is 4. The third-order valence-corrected chi connectivity index (χ3v) is 19.4. The van der Waals surface area contributed by atoms with Crippen LogP contribution in [0.15, 0.2) is 0 Å². The maximum atomic E-state index is 13.1. The van der Waals surface area contributed by atoms with Crippen molar-refractivity contribution in [3.63, 3.8) is 0 Å². The molecule has 0 aliphatic heterocycles. The molecular formula is C75H146O17P2. The Morgan fingerprint density at radius 3 is 0.723 bits per heavy atom. The average molecular weight is 1380 g/mol. The predicted octanol–water partition coefficient (Wildman–Crippen LogP) is 22.1. The number of aliphatic hydroxyl groups excluding tert-OH is 1. The van der Waals surface area contributed by atoms with E-state index in [-0.39, 0.29) is 25.7 Å². The number of carbonyl (C=O) groups excluding carboxylic acids is 4. The number of phosphoric ester groups is 2. The van der Waals surface area contributed by atoms with E-state index in [1.807, 2.05) is 0 Å². The molecule has 2 unspecified atom stereocenters. The van der Waals surface area contributed by atoms with E-state index in [4.69, 9.17) is 37.0 Å². The molecule has 0 aromatic rings. The second-order valence-electron chi connectivity index (χ2n) is 27.5. The summed E-state index contributed by atoms with van der Waals surface area (Å²) in [4.78, 5) is 72.7. The van der Waals surface area contributed by atoms with Crippen LogP contribution in [0.4, 0.5) is 0 Å². The Hall–Kier alpha value is -1.94. The molecule has 3 N–H and O–H groups in total. The van der Waals surface area contributed by atoms with Gasteiger partial charge < -0.3 is 33.8 Å². The van der Waals surface area contributed by atoms with E-state index < -0.39 is 97.5 Å². The van der Waals surface area contributed by atoms with Gasteiger partial charge in [-0.2, -0.15) is 0 Å². The molecule has 0 aliphatic carbocycles. The summed E-state index contributed by atoms with van der Waals surface area (Å²) in [6.07, 6.45) is 56.7. The fourth-order valence-corrected chi connectivity index (χ4v) is 13.1. The predicted molar refractivity (Wildman–Crippen MR) is 382 cm³/mol. The van der Waals surface area contributed by atoms with Crippen molar-refractivity contribution in [3.05, 3.63) is 0 Å². The summed E-state index contributed by atoms with van der Waals surface area (Å²) in [5.74, 6) is -1.32. The molecular weight excluding hydrogens is 1230 g/mol. The van der Waals surface area contributed by atoms with Crippen LogP contribution in [0.25, 0.3) is 0 Å². The Bertz CT molecular complexity index is 1810. The van der Waals surface area contributed by atoms with Crippen molar-refractivity contribution in [3.8, 4) is 0 Å². The number of hydrogen-bond donors (Lipinski definition) is 3. The zero-order valence-corrected chi connectivity index (χ0v) is 62.9. The molecule has 17 nitrogen and oxygen atoms in total. The number of carbonyl (C=O) groups is 4. The van der Waals surface area contributed by atoms with E-state index >= 15 is 0 Å². The van der Waals surface area contributed by atoms with Gasteiger partial charge in [-0.05, 0) is 31.6 Å². The van der Waals surface area contributed by atoms with Gasteiger partial charge >= 0.3 is 39.5 Å². The molecule has 0 radical (unpaired) electrons. The molecule has 0 saturated heterocycles. The minimum atomic E-state index is -4.96. The van der Waals surface area contributed by atoms with Gasteiger partial charge in [-0.3, -0.25) is 37.3 Å². The van der Waals surface area contributed by atoms with Gasteiger partial charge in [0.05, 0.1) is 26.4 Å². The monoisotopic (exact) mass is 1380 g/mol. The molecule has 0 aliphatic rings. The fraction of sp³-hybridized carbons (Fsp3) is 0.947. The molecule has 0 fully saturated rings. The fourth-order valence-electron chi connectivity index (χ4n) is 11.5. The lowest BCUT2D eigenvalue weighted by Crippen LogP contribution is -2.30. The quantitative estimate of drug-likeness (QED) is 0.0222. The van der Waals surface area contributed by atoms with Gasteiger partial charge in [0.15, 0.2) is 12.2 Å². The van der Waals surface area contributed by atoms with Crippen LogP contribution in [0.1, 0.15) is 394 Å². The summed E-state index contributed by atoms with van der Waals surface area (Å²) >= 11 is 0. The number of rotatable bonds is 75. The third kappa shape index (κ3) is 68.6. The molecule has 0 saturated carbocycles. The molecule has 0 rings (SSSR count). The highest BCUT2D eigenvalue weighted by Gasteiger charge is 2.30. The van der Waals surface area contributed by atoms with Gasteiger partial charge in [-0.25, -0.2) is 9.13 Å². The average Bonchev–Trinajstić information content (AvgIpc) is 1.70. The Kier molecular flexibility index (Phi) is 66.8. The maximum absolute atomic E-state index is 13.1. The van der Waals surface area contributed by atoms with Crippen molar-refractivity contribution in [1.82, 2.24) is 0 Å². The van der Waals surface area contributed by atoms with Gasteiger partial charge in [-0.15, -0.1) is 0 Å². The first-order chi connectivity index (χ1) is 45.5. The highest BCUT2D eigenvalue weighted by atomic mass is 31.2. The number of esters is 4. The first-order valence-electron chi connectivity index (χ1n) is 39.1. The van der Waals surface area contributed by atoms with E-state index in [9.17, 15) is 43.2 Å². The van der Waals surface area contributed by atoms with Crippen LogP contribution in [-0.2, 0) is 65.4 Å². The highest BCUT2D eigenvalue weighted by molar-refractivity contribution is 7.47. The summed E-state index contributed by atoms with van der Waals surface area (Å²) in [7, 11) is -9.91. The maximum Gasteiger partial charge on any atom is 0.472 e. The molecule has 0 aromatic carbocycles. The lowest BCUT2D eigenvalue weighted by atomic mass is 10.0. The Morgan fingerprint density at radius 1 is 0.287 bits per heavy atom. The van der Waals surface area contributed by atoms with E-state index in [1.54, 1.807) is 0 Å². The van der Waals surface area contributed by atoms with Gasteiger partial charge in [-0.1, -0.05) is 343 Å². The van der Waals surface area contributed by atoms with Crippen LogP contribution in [-0.4, -0.2) is 96.7 Å². The minimum absolute atomic E-state index is 0.108. The molecule has 0 bridgehead atoms. The van der Waals surface area contributed by atoms with Gasteiger partial charge in [0.1, 0.15) is 19.3 Å². The zero-order valence-electron chi connectivity index (χ0n) is 61.1. The second kappa shape index (κ2) is 68.2. The highest BCUT2D eigenvalue weighted by Crippen LogP contribution is 2.45. The van der Waals surface area contributed by atoms with Crippen LogP contribution in [0.3, 0.4) is 0 Å². The molecule has 94 heavy (non-hydrogen) atoms. The first kappa shape index (κ1) is 92.1. The smallest absolute Gasteiger partial charge is 0.462 e. The molecule has 5 atom stereocenters.